The molecule has 1 atom stereocenters. The summed E-state index contributed by atoms with van der Waals surface area (Å²) in [6.07, 6.45) is 0. The summed E-state index contributed by atoms with van der Waals surface area (Å²) in [5, 5.41) is 2.61. The summed E-state index contributed by atoms with van der Waals surface area (Å²) >= 11 is 0. The average Bonchev–Trinajstić information content (AvgIpc) is 2.53. The van der Waals surface area contributed by atoms with E-state index >= 15 is 0 Å². The maximum Gasteiger partial charge on any atom is 0.113 e. The standard InChI is InChI=1S/C20H18BN/c1-22-12-17-11-18(21)8-9-19(17)20(13-22)16-7-6-14-4-2-3-5-15(14)10-16/h2-11,20H,12-13H2,1H3/t20-/m0/s1. The first-order valence-corrected chi connectivity index (χ1v) is 7.76. The Morgan fingerprint density at radius 1 is 0.955 bits per heavy atom. The SMILES string of the molecule is [B]c1ccc2c(c1)CN(C)C[C@H]2c1ccc2ccccc2c1. The van der Waals surface area contributed by atoms with Crippen LogP contribution in [0.25, 0.3) is 10.8 Å². The summed E-state index contributed by atoms with van der Waals surface area (Å²) in [6.45, 7) is 2.03. The van der Waals surface area contributed by atoms with Gasteiger partial charge in [-0.25, -0.2) is 0 Å². The van der Waals surface area contributed by atoms with Gasteiger partial charge in [0.2, 0.25) is 0 Å². The predicted octanol–water partition coefficient (Wildman–Crippen LogP) is 3.21. The van der Waals surface area contributed by atoms with Crippen LogP contribution in [0.1, 0.15) is 22.6 Å². The zero-order valence-corrected chi connectivity index (χ0v) is 12.8. The Balaban J connectivity index is 1.84. The van der Waals surface area contributed by atoms with Crippen molar-refractivity contribution >= 4 is 24.1 Å². The van der Waals surface area contributed by atoms with Gasteiger partial charge in [0, 0.05) is 19.0 Å². The van der Waals surface area contributed by atoms with Crippen molar-refractivity contribution < 1.29 is 0 Å². The fourth-order valence-corrected chi connectivity index (χ4v) is 3.58. The highest BCUT2D eigenvalue weighted by molar-refractivity contribution is 6.32. The number of hydrogen-bond donors (Lipinski definition) is 0. The van der Waals surface area contributed by atoms with E-state index in [9.17, 15) is 0 Å². The lowest BCUT2D eigenvalue weighted by molar-refractivity contribution is 0.295. The van der Waals surface area contributed by atoms with Crippen molar-refractivity contribution in [2.75, 3.05) is 13.6 Å². The summed E-state index contributed by atoms with van der Waals surface area (Å²) in [5.41, 5.74) is 5.01. The first-order chi connectivity index (χ1) is 10.7. The molecule has 0 amide bonds. The number of benzene rings is 3. The lowest BCUT2D eigenvalue weighted by Crippen LogP contribution is -2.31. The Labute approximate surface area is 133 Å². The third-order valence-electron chi connectivity index (χ3n) is 4.65. The van der Waals surface area contributed by atoms with Gasteiger partial charge in [0.15, 0.2) is 0 Å². The smallest absolute Gasteiger partial charge is 0.113 e. The van der Waals surface area contributed by atoms with Gasteiger partial charge in [0.25, 0.3) is 0 Å². The maximum absolute atomic E-state index is 5.97. The molecule has 22 heavy (non-hydrogen) atoms. The van der Waals surface area contributed by atoms with Gasteiger partial charge in [-0.15, -0.1) is 0 Å². The summed E-state index contributed by atoms with van der Waals surface area (Å²) in [6, 6.07) is 21.7. The van der Waals surface area contributed by atoms with Crippen LogP contribution in [0.3, 0.4) is 0 Å². The summed E-state index contributed by atoms with van der Waals surface area (Å²) in [7, 11) is 8.15. The first kappa shape index (κ1) is 13.6. The highest BCUT2D eigenvalue weighted by Crippen LogP contribution is 2.33. The van der Waals surface area contributed by atoms with Gasteiger partial charge in [-0.3, -0.25) is 0 Å². The second-order valence-electron chi connectivity index (χ2n) is 6.31. The van der Waals surface area contributed by atoms with Crippen LogP contribution in [-0.2, 0) is 6.54 Å². The number of likely N-dealkylation sites (N-methyl/N-ethyl adjacent to an activating group) is 1. The molecule has 0 bridgehead atoms. The molecule has 4 rings (SSSR count). The first-order valence-electron chi connectivity index (χ1n) is 7.76. The van der Waals surface area contributed by atoms with Crippen LogP contribution < -0.4 is 5.46 Å². The Morgan fingerprint density at radius 3 is 2.64 bits per heavy atom. The lowest BCUT2D eigenvalue weighted by Gasteiger charge is -2.33. The van der Waals surface area contributed by atoms with E-state index in [1.807, 2.05) is 6.07 Å². The van der Waals surface area contributed by atoms with Gasteiger partial charge in [0.05, 0.1) is 0 Å². The number of rotatable bonds is 1. The van der Waals surface area contributed by atoms with Crippen LogP contribution in [0.4, 0.5) is 0 Å². The molecule has 0 N–H and O–H groups in total. The van der Waals surface area contributed by atoms with E-state index in [0.29, 0.717) is 5.92 Å². The molecule has 0 unspecified atom stereocenters. The molecule has 0 saturated carbocycles. The molecule has 1 aliphatic heterocycles. The zero-order valence-electron chi connectivity index (χ0n) is 12.8. The lowest BCUT2D eigenvalue weighted by atomic mass is 9.81. The van der Waals surface area contributed by atoms with Gasteiger partial charge in [-0.05, 0) is 34.5 Å². The highest BCUT2D eigenvalue weighted by atomic mass is 15.1. The third kappa shape index (κ3) is 2.34. The monoisotopic (exact) mass is 283 g/mol. The molecule has 3 aromatic carbocycles. The van der Waals surface area contributed by atoms with Crippen LogP contribution in [0.5, 0.6) is 0 Å². The Hall–Kier alpha value is -2.06. The molecule has 0 spiro atoms. The van der Waals surface area contributed by atoms with Crippen LogP contribution in [-0.4, -0.2) is 26.3 Å². The van der Waals surface area contributed by atoms with E-state index in [1.54, 1.807) is 0 Å². The van der Waals surface area contributed by atoms with Gasteiger partial charge >= 0.3 is 0 Å². The van der Waals surface area contributed by atoms with Crippen molar-refractivity contribution in [3.05, 3.63) is 77.4 Å². The fraction of sp³-hybridized carbons (Fsp3) is 0.200. The maximum atomic E-state index is 5.97. The second kappa shape index (κ2) is 5.29. The minimum Gasteiger partial charge on any atom is -0.301 e. The van der Waals surface area contributed by atoms with Gasteiger partial charge in [-0.2, -0.15) is 0 Å². The van der Waals surface area contributed by atoms with E-state index in [4.69, 9.17) is 7.85 Å². The molecule has 0 saturated heterocycles. The molecule has 0 aromatic heterocycles. The van der Waals surface area contributed by atoms with E-state index < -0.39 is 0 Å². The Kier molecular flexibility index (Phi) is 3.27. The zero-order chi connectivity index (χ0) is 15.1. The largest absolute Gasteiger partial charge is 0.301 e. The Morgan fingerprint density at radius 2 is 1.77 bits per heavy atom. The van der Waals surface area contributed by atoms with E-state index in [2.05, 4.69) is 66.5 Å². The van der Waals surface area contributed by atoms with Crippen molar-refractivity contribution in [2.24, 2.45) is 0 Å². The molecular weight excluding hydrogens is 265 g/mol. The number of hydrogen-bond acceptors (Lipinski definition) is 1. The van der Waals surface area contributed by atoms with Crippen molar-refractivity contribution in [1.29, 1.82) is 0 Å². The van der Waals surface area contributed by atoms with Gasteiger partial charge in [0.1, 0.15) is 7.85 Å². The molecule has 1 nitrogen and oxygen atoms in total. The molecule has 2 heteroatoms. The minimum atomic E-state index is 0.416. The molecule has 1 aliphatic rings. The fourth-order valence-electron chi connectivity index (χ4n) is 3.58. The molecule has 1 heterocycles. The topological polar surface area (TPSA) is 3.24 Å². The van der Waals surface area contributed by atoms with Crippen molar-refractivity contribution in [1.82, 2.24) is 4.90 Å². The van der Waals surface area contributed by atoms with Crippen LogP contribution in [0, 0.1) is 0 Å². The van der Waals surface area contributed by atoms with E-state index in [-0.39, 0.29) is 0 Å². The number of fused-ring (bicyclic) bond motifs is 2. The molecule has 3 aromatic rings. The average molecular weight is 283 g/mol. The third-order valence-corrected chi connectivity index (χ3v) is 4.65. The molecule has 106 valence electrons. The van der Waals surface area contributed by atoms with Gasteiger partial charge in [-0.1, -0.05) is 66.1 Å². The van der Waals surface area contributed by atoms with E-state index in [1.165, 1.54) is 27.5 Å². The highest BCUT2D eigenvalue weighted by Gasteiger charge is 2.24. The summed E-state index contributed by atoms with van der Waals surface area (Å²) < 4.78 is 0. The molecular formula is C20H18BN. The quantitative estimate of drug-likeness (QED) is 0.620. The minimum absolute atomic E-state index is 0.416. The van der Waals surface area contributed by atoms with Crippen molar-refractivity contribution in [3.63, 3.8) is 0 Å². The molecule has 2 radical (unpaired) electrons. The van der Waals surface area contributed by atoms with Gasteiger partial charge < -0.3 is 4.90 Å². The Bertz CT molecular complexity index is 840. The van der Waals surface area contributed by atoms with Crippen molar-refractivity contribution in [2.45, 2.75) is 12.5 Å². The van der Waals surface area contributed by atoms with E-state index in [0.717, 1.165) is 18.6 Å². The normalized spacial score (nSPS) is 18.3. The van der Waals surface area contributed by atoms with Crippen LogP contribution >= 0.6 is 0 Å². The molecule has 0 aliphatic carbocycles. The summed E-state index contributed by atoms with van der Waals surface area (Å²) in [4.78, 5) is 2.38. The number of nitrogens with zero attached hydrogens (tertiary/aromatic N) is 1. The second-order valence-corrected chi connectivity index (χ2v) is 6.31. The van der Waals surface area contributed by atoms with Crippen LogP contribution in [0.2, 0.25) is 0 Å². The predicted molar refractivity (Wildman–Crippen MR) is 94.0 cm³/mol. The molecule has 0 fully saturated rings. The van der Waals surface area contributed by atoms with Crippen LogP contribution in [0.15, 0.2) is 60.7 Å². The van der Waals surface area contributed by atoms with Crippen molar-refractivity contribution in [3.8, 4) is 0 Å². The summed E-state index contributed by atoms with van der Waals surface area (Å²) in [5.74, 6) is 0.416.